The summed E-state index contributed by atoms with van der Waals surface area (Å²) in [6, 6.07) is 12.6. The van der Waals surface area contributed by atoms with Gasteiger partial charge in [0.25, 0.3) is 5.91 Å². The number of phenolic OH excluding ortho intramolecular Hbond substituents is 1. The van der Waals surface area contributed by atoms with Crippen molar-refractivity contribution in [2.45, 2.75) is 33.2 Å². The second-order valence-corrected chi connectivity index (χ2v) is 5.93. The van der Waals surface area contributed by atoms with Crippen molar-refractivity contribution in [3.8, 4) is 5.75 Å². The van der Waals surface area contributed by atoms with Gasteiger partial charge in [-0.05, 0) is 43.0 Å². The van der Waals surface area contributed by atoms with Crippen molar-refractivity contribution in [2.24, 2.45) is 0 Å². The number of ether oxygens (including phenoxy) is 1. The fraction of sp³-hybridized carbons (Fsp3) is 0.300. The molecule has 0 heterocycles. The zero-order valence-corrected chi connectivity index (χ0v) is 14.7. The molecule has 0 saturated carbocycles. The lowest BCUT2D eigenvalue weighted by Crippen LogP contribution is -2.31. The minimum absolute atomic E-state index is 0.0519. The highest BCUT2D eigenvalue weighted by Crippen LogP contribution is 2.22. The van der Waals surface area contributed by atoms with Crippen molar-refractivity contribution in [2.75, 3.05) is 6.61 Å². The number of esters is 1. The summed E-state index contributed by atoms with van der Waals surface area (Å²) in [6.45, 7) is 5.24. The van der Waals surface area contributed by atoms with E-state index in [9.17, 15) is 14.7 Å². The highest BCUT2D eigenvalue weighted by atomic mass is 16.5. The van der Waals surface area contributed by atoms with Crippen molar-refractivity contribution in [3.05, 3.63) is 64.7 Å². The molecule has 1 amide bonds. The molecule has 0 aliphatic heterocycles. The van der Waals surface area contributed by atoms with Crippen LogP contribution in [0.3, 0.4) is 0 Å². The van der Waals surface area contributed by atoms with Crippen molar-refractivity contribution < 1.29 is 19.4 Å². The summed E-state index contributed by atoms with van der Waals surface area (Å²) in [5.41, 5.74) is 2.83. The first-order valence-electron chi connectivity index (χ1n) is 8.26. The predicted octanol–water partition coefficient (Wildman–Crippen LogP) is 3.30. The first-order chi connectivity index (χ1) is 11.9. The lowest BCUT2D eigenvalue weighted by atomic mass is 10.1. The number of aromatic hydroxyl groups is 1. The zero-order valence-electron chi connectivity index (χ0n) is 14.7. The molecule has 1 atom stereocenters. The number of carbonyl (C=O) groups is 2. The molecule has 2 rings (SSSR count). The fourth-order valence-corrected chi connectivity index (χ4v) is 2.44. The van der Waals surface area contributed by atoms with Gasteiger partial charge in [0.1, 0.15) is 11.3 Å². The maximum Gasteiger partial charge on any atom is 0.342 e. The molecule has 0 bridgehead atoms. The van der Waals surface area contributed by atoms with Crippen LogP contribution in [0.4, 0.5) is 0 Å². The van der Waals surface area contributed by atoms with Crippen LogP contribution in [-0.2, 0) is 16.0 Å². The molecule has 2 aromatic rings. The smallest absolute Gasteiger partial charge is 0.342 e. The van der Waals surface area contributed by atoms with Gasteiger partial charge in [-0.3, -0.25) is 4.79 Å². The van der Waals surface area contributed by atoms with Gasteiger partial charge in [-0.15, -0.1) is 0 Å². The molecular weight excluding hydrogens is 318 g/mol. The molecule has 0 radical (unpaired) electrons. The van der Waals surface area contributed by atoms with Gasteiger partial charge in [-0.25, -0.2) is 4.79 Å². The van der Waals surface area contributed by atoms with E-state index in [0.29, 0.717) is 5.56 Å². The summed E-state index contributed by atoms with van der Waals surface area (Å²) in [7, 11) is 0. The van der Waals surface area contributed by atoms with Crippen molar-refractivity contribution in [1.29, 1.82) is 0 Å². The number of aryl methyl sites for hydroxylation is 2. The van der Waals surface area contributed by atoms with Gasteiger partial charge in [0.05, 0.1) is 6.04 Å². The highest BCUT2D eigenvalue weighted by Gasteiger charge is 2.16. The average Bonchev–Trinajstić information content (AvgIpc) is 2.62. The summed E-state index contributed by atoms with van der Waals surface area (Å²) in [5, 5.41) is 12.7. The average molecular weight is 341 g/mol. The number of phenols is 1. The summed E-state index contributed by atoms with van der Waals surface area (Å²) >= 11 is 0. The molecule has 5 nitrogen and oxygen atoms in total. The first-order valence-corrected chi connectivity index (χ1v) is 8.26. The standard InChI is InChI=1S/C20H23NO4/c1-4-15-8-10-16(11-9-15)14(3)21-18(22)12-25-20(24)17-7-5-6-13(2)19(17)23/h5-11,14,23H,4,12H2,1-3H3,(H,21,22)/t14-/m0/s1. The zero-order chi connectivity index (χ0) is 18.4. The molecule has 2 aromatic carbocycles. The van der Waals surface area contributed by atoms with Gasteiger partial charge < -0.3 is 15.2 Å². The van der Waals surface area contributed by atoms with Crippen molar-refractivity contribution >= 4 is 11.9 Å². The Labute approximate surface area is 147 Å². The first kappa shape index (κ1) is 18.5. The van der Waals surface area contributed by atoms with Crippen LogP contribution < -0.4 is 5.32 Å². The van der Waals surface area contributed by atoms with E-state index in [-0.39, 0.29) is 17.4 Å². The molecule has 0 fully saturated rings. The van der Waals surface area contributed by atoms with E-state index in [4.69, 9.17) is 4.74 Å². The van der Waals surface area contributed by atoms with E-state index in [1.165, 1.54) is 11.6 Å². The molecule has 0 spiro atoms. The number of para-hydroxylation sites is 1. The van der Waals surface area contributed by atoms with Crippen LogP contribution in [0.25, 0.3) is 0 Å². The van der Waals surface area contributed by atoms with Gasteiger partial charge in [0.2, 0.25) is 0 Å². The predicted molar refractivity (Wildman–Crippen MR) is 95.5 cm³/mol. The minimum atomic E-state index is -0.726. The van der Waals surface area contributed by atoms with Crippen LogP contribution >= 0.6 is 0 Å². The normalized spacial score (nSPS) is 11.6. The molecule has 0 saturated heterocycles. The topological polar surface area (TPSA) is 75.6 Å². The number of nitrogens with one attached hydrogen (secondary N) is 1. The molecule has 2 N–H and O–H groups in total. The minimum Gasteiger partial charge on any atom is -0.507 e. The van der Waals surface area contributed by atoms with Crippen LogP contribution in [0.5, 0.6) is 5.75 Å². The molecule has 25 heavy (non-hydrogen) atoms. The lowest BCUT2D eigenvalue weighted by molar-refractivity contribution is -0.124. The van der Waals surface area contributed by atoms with Crippen molar-refractivity contribution in [3.63, 3.8) is 0 Å². The Morgan fingerprint density at radius 3 is 2.48 bits per heavy atom. The molecule has 0 aliphatic carbocycles. The molecule has 0 unspecified atom stereocenters. The van der Waals surface area contributed by atoms with Gasteiger partial charge in [0, 0.05) is 0 Å². The Morgan fingerprint density at radius 1 is 1.16 bits per heavy atom. The monoisotopic (exact) mass is 341 g/mol. The summed E-state index contributed by atoms with van der Waals surface area (Å²) in [5.74, 6) is -1.25. The van der Waals surface area contributed by atoms with Gasteiger partial charge in [-0.1, -0.05) is 43.3 Å². The third-order valence-electron chi connectivity index (χ3n) is 4.06. The third kappa shape index (κ3) is 4.83. The van der Waals surface area contributed by atoms with E-state index in [1.807, 2.05) is 31.2 Å². The largest absolute Gasteiger partial charge is 0.507 e. The van der Waals surface area contributed by atoms with Crippen LogP contribution in [-0.4, -0.2) is 23.6 Å². The van der Waals surface area contributed by atoms with Crippen LogP contribution in [0, 0.1) is 6.92 Å². The summed E-state index contributed by atoms with van der Waals surface area (Å²) in [4.78, 5) is 24.0. The van der Waals surface area contributed by atoms with Crippen LogP contribution in [0.15, 0.2) is 42.5 Å². The van der Waals surface area contributed by atoms with E-state index in [2.05, 4.69) is 12.2 Å². The summed E-state index contributed by atoms with van der Waals surface area (Å²) < 4.78 is 4.99. The van der Waals surface area contributed by atoms with Gasteiger partial charge >= 0.3 is 5.97 Å². The van der Waals surface area contributed by atoms with E-state index in [1.54, 1.807) is 19.1 Å². The van der Waals surface area contributed by atoms with Gasteiger partial charge in [0.15, 0.2) is 6.61 Å². The number of amides is 1. The number of benzene rings is 2. The second kappa shape index (κ2) is 8.33. The van der Waals surface area contributed by atoms with E-state index >= 15 is 0 Å². The second-order valence-electron chi connectivity index (χ2n) is 5.93. The molecule has 0 aliphatic rings. The third-order valence-corrected chi connectivity index (χ3v) is 4.06. The molecular formula is C20H23NO4. The molecule has 0 aromatic heterocycles. The number of hydrogen-bond donors (Lipinski definition) is 2. The van der Waals surface area contributed by atoms with Crippen LogP contribution in [0.1, 0.15) is 46.9 Å². The molecule has 132 valence electrons. The van der Waals surface area contributed by atoms with E-state index < -0.39 is 18.5 Å². The highest BCUT2D eigenvalue weighted by molar-refractivity contribution is 5.94. The van der Waals surface area contributed by atoms with Crippen LogP contribution in [0.2, 0.25) is 0 Å². The number of hydrogen-bond acceptors (Lipinski definition) is 4. The SMILES string of the molecule is CCc1ccc([C@H](C)NC(=O)COC(=O)c2cccc(C)c2O)cc1. The Bertz CT molecular complexity index is 753. The molecule has 5 heteroatoms. The quantitative estimate of drug-likeness (QED) is 0.791. The Hall–Kier alpha value is -2.82. The number of carbonyl (C=O) groups excluding carboxylic acids is 2. The lowest BCUT2D eigenvalue weighted by Gasteiger charge is -2.15. The Balaban J connectivity index is 1.89. The number of rotatable bonds is 6. The Kier molecular flexibility index (Phi) is 6.17. The van der Waals surface area contributed by atoms with Crippen molar-refractivity contribution in [1.82, 2.24) is 5.32 Å². The Morgan fingerprint density at radius 2 is 1.84 bits per heavy atom. The van der Waals surface area contributed by atoms with E-state index in [0.717, 1.165) is 12.0 Å². The fourth-order valence-electron chi connectivity index (χ4n) is 2.44. The maximum absolute atomic E-state index is 12.0. The maximum atomic E-state index is 12.0. The van der Waals surface area contributed by atoms with Gasteiger partial charge in [-0.2, -0.15) is 0 Å². The summed E-state index contributed by atoms with van der Waals surface area (Å²) in [6.07, 6.45) is 0.961.